The Kier molecular flexibility index (Phi) is 3.47. The Morgan fingerprint density at radius 2 is 2.50 bits per heavy atom. The van der Waals surface area contributed by atoms with Crippen LogP contribution in [0.15, 0.2) is 17.5 Å². The molecular weight excluding hydrogens is 176 g/mol. The van der Waals surface area contributed by atoms with Crippen molar-refractivity contribution in [1.29, 1.82) is 0 Å². The number of carbonyl (C=O) groups excluding carboxylic acids is 2. The van der Waals surface area contributed by atoms with Crippen LogP contribution in [-0.2, 0) is 20.7 Å². The molecule has 0 N–H and O–H groups in total. The zero-order valence-corrected chi connectivity index (χ0v) is 7.17. The number of aryl methyl sites for hydroxylation is 1. The minimum atomic E-state index is -0.474. The molecule has 1 aromatic rings. The fraction of sp³-hybridized carbons (Fsp3) is 0.250. The molecule has 0 saturated heterocycles. The molecule has 0 unspecified atom stereocenters. The van der Waals surface area contributed by atoms with E-state index in [9.17, 15) is 9.59 Å². The van der Waals surface area contributed by atoms with Crippen LogP contribution in [0.1, 0.15) is 11.3 Å². The molecule has 0 aliphatic heterocycles. The minimum Gasteiger partial charge on any atom is -0.395 e. The predicted molar refractivity (Wildman–Crippen MR) is 44.8 cm³/mol. The molecule has 4 heteroatoms. The van der Waals surface area contributed by atoms with Crippen LogP contribution in [0.25, 0.3) is 0 Å². The van der Waals surface area contributed by atoms with E-state index < -0.39 is 5.97 Å². The lowest BCUT2D eigenvalue weighted by Crippen LogP contribution is -2.03. The summed E-state index contributed by atoms with van der Waals surface area (Å²) in [6.07, 6.45) is 0.906. The Labute approximate surface area is 74.0 Å². The van der Waals surface area contributed by atoms with Gasteiger partial charge in [0.25, 0.3) is 0 Å². The number of hydrogen-bond donors (Lipinski definition) is 0. The van der Waals surface area contributed by atoms with E-state index in [2.05, 4.69) is 4.74 Å². The number of carbonyl (C=O) groups is 2. The van der Waals surface area contributed by atoms with Gasteiger partial charge in [0.1, 0.15) is 0 Å². The number of thiophene rings is 1. The van der Waals surface area contributed by atoms with Gasteiger partial charge in [-0.3, -0.25) is 9.59 Å². The van der Waals surface area contributed by atoms with Crippen LogP contribution in [0.2, 0.25) is 0 Å². The van der Waals surface area contributed by atoms with Crippen molar-refractivity contribution in [1.82, 2.24) is 0 Å². The quantitative estimate of drug-likeness (QED) is 0.403. The molecule has 3 nitrogen and oxygen atoms in total. The lowest BCUT2D eigenvalue weighted by molar-refractivity contribution is -0.151. The lowest BCUT2D eigenvalue weighted by Gasteiger charge is -1.94. The highest BCUT2D eigenvalue weighted by atomic mass is 32.1. The smallest absolute Gasteiger partial charge is 0.313 e. The lowest BCUT2D eigenvalue weighted by atomic mass is 10.3. The molecule has 0 fully saturated rings. The van der Waals surface area contributed by atoms with Crippen molar-refractivity contribution in [3.8, 4) is 0 Å². The number of rotatable bonds is 4. The Morgan fingerprint density at radius 3 is 3.08 bits per heavy atom. The zero-order chi connectivity index (χ0) is 8.81. The fourth-order valence-corrected chi connectivity index (χ4v) is 1.50. The molecule has 0 spiro atoms. The minimum absolute atomic E-state index is 0.163. The standard InChI is InChI=1S/C8H8O3S/c9-6-11-8(10)4-3-7-2-1-5-12-7/h1-2,5-6H,3-4H2. The second-order valence-corrected chi connectivity index (χ2v) is 3.20. The Morgan fingerprint density at radius 1 is 1.67 bits per heavy atom. The van der Waals surface area contributed by atoms with E-state index in [0.717, 1.165) is 4.88 Å². The molecule has 0 amide bonds. The maximum atomic E-state index is 10.7. The molecule has 0 aliphatic rings. The Hall–Kier alpha value is -1.16. The first-order valence-corrected chi connectivity index (χ1v) is 4.36. The van der Waals surface area contributed by atoms with Crippen LogP contribution in [0, 0.1) is 0 Å². The van der Waals surface area contributed by atoms with Crippen LogP contribution in [0.4, 0.5) is 0 Å². The average molecular weight is 184 g/mol. The summed E-state index contributed by atoms with van der Waals surface area (Å²) < 4.78 is 4.13. The normalized spacial score (nSPS) is 9.33. The molecule has 0 radical (unpaired) electrons. The van der Waals surface area contributed by atoms with Gasteiger partial charge in [-0.2, -0.15) is 0 Å². The van der Waals surface area contributed by atoms with Crippen LogP contribution >= 0.6 is 11.3 Å². The van der Waals surface area contributed by atoms with Gasteiger partial charge in [0.15, 0.2) is 0 Å². The van der Waals surface area contributed by atoms with Crippen molar-refractivity contribution in [2.75, 3.05) is 0 Å². The Balaban J connectivity index is 2.26. The summed E-state index contributed by atoms with van der Waals surface area (Å²) in [5.41, 5.74) is 0. The third-order valence-corrected chi connectivity index (χ3v) is 2.27. The molecular formula is C8H8O3S. The summed E-state index contributed by atoms with van der Waals surface area (Å²) in [5, 5.41) is 1.94. The van der Waals surface area contributed by atoms with Gasteiger partial charge in [0, 0.05) is 4.88 Å². The van der Waals surface area contributed by atoms with Gasteiger partial charge in [-0.25, -0.2) is 0 Å². The first-order valence-electron chi connectivity index (χ1n) is 3.48. The predicted octanol–water partition coefficient (Wildman–Crippen LogP) is 1.38. The monoisotopic (exact) mass is 184 g/mol. The van der Waals surface area contributed by atoms with Gasteiger partial charge in [0.05, 0.1) is 6.42 Å². The van der Waals surface area contributed by atoms with E-state index in [1.807, 2.05) is 17.5 Å². The summed E-state index contributed by atoms with van der Waals surface area (Å²) in [6, 6.07) is 3.86. The van der Waals surface area contributed by atoms with E-state index in [4.69, 9.17) is 0 Å². The maximum Gasteiger partial charge on any atom is 0.313 e. The van der Waals surface area contributed by atoms with E-state index >= 15 is 0 Å². The Bertz CT molecular complexity index is 253. The van der Waals surface area contributed by atoms with Crippen LogP contribution in [0.3, 0.4) is 0 Å². The number of ether oxygens (including phenoxy) is 1. The van der Waals surface area contributed by atoms with Crippen molar-refractivity contribution in [3.05, 3.63) is 22.4 Å². The van der Waals surface area contributed by atoms with Gasteiger partial charge in [-0.05, 0) is 17.9 Å². The second-order valence-electron chi connectivity index (χ2n) is 2.17. The fourth-order valence-electron chi connectivity index (χ4n) is 0.793. The molecule has 1 aromatic heterocycles. The second kappa shape index (κ2) is 4.66. The molecule has 0 saturated carbocycles. The molecule has 64 valence electrons. The van der Waals surface area contributed by atoms with Gasteiger partial charge in [-0.1, -0.05) is 6.07 Å². The molecule has 1 heterocycles. The van der Waals surface area contributed by atoms with E-state index in [0.29, 0.717) is 6.42 Å². The van der Waals surface area contributed by atoms with E-state index in [-0.39, 0.29) is 12.9 Å². The molecule has 0 aliphatic carbocycles. The highest BCUT2D eigenvalue weighted by Gasteiger charge is 2.02. The molecule has 0 aromatic carbocycles. The molecule has 0 bridgehead atoms. The topological polar surface area (TPSA) is 43.4 Å². The zero-order valence-electron chi connectivity index (χ0n) is 6.36. The first-order chi connectivity index (χ1) is 5.83. The van der Waals surface area contributed by atoms with Crippen LogP contribution in [-0.4, -0.2) is 12.4 Å². The summed E-state index contributed by atoms with van der Waals surface area (Å²) in [6.45, 7) is 0.163. The third kappa shape index (κ3) is 2.84. The molecule has 12 heavy (non-hydrogen) atoms. The number of hydrogen-bond acceptors (Lipinski definition) is 4. The number of esters is 1. The third-order valence-electron chi connectivity index (χ3n) is 1.34. The highest BCUT2D eigenvalue weighted by Crippen LogP contribution is 2.10. The van der Waals surface area contributed by atoms with Gasteiger partial charge < -0.3 is 4.74 Å². The summed E-state index contributed by atoms with van der Waals surface area (Å²) in [5.74, 6) is -0.474. The van der Waals surface area contributed by atoms with Crippen molar-refractivity contribution < 1.29 is 14.3 Å². The van der Waals surface area contributed by atoms with Crippen molar-refractivity contribution in [2.45, 2.75) is 12.8 Å². The van der Waals surface area contributed by atoms with Crippen molar-refractivity contribution in [3.63, 3.8) is 0 Å². The summed E-state index contributed by atoms with van der Waals surface area (Å²) in [4.78, 5) is 21.5. The van der Waals surface area contributed by atoms with E-state index in [1.54, 1.807) is 11.3 Å². The molecule has 0 atom stereocenters. The summed E-state index contributed by atoms with van der Waals surface area (Å²) in [7, 11) is 0. The van der Waals surface area contributed by atoms with Gasteiger partial charge >= 0.3 is 12.4 Å². The maximum absolute atomic E-state index is 10.7. The first kappa shape index (κ1) is 8.93. The SMILES string of the molecule is O=COC(=O)CCc1cccs1. The molecule has 1 rings (SSSR count). The van der Waals surface area contributed by atoms with E-state index in [1.165, 1.54) is 0 Å². The van der Waals surface area contributed by atoms with Gasteiger partial charge in [0.2, 0.25) is 0 Å². The van der Waals surface area contributed by atoms with Gasteiger partial charge in [-0.15, -0.1) is 11.3 Å². The average Bonchev–Trinajstić information content (AvgIpc) is 2.53. The van der Waals surface area contributed by atoms with Crippen LogP contribution in [0.5, 0.6) is 0 Å². The van der Waals surface area contributed by atoms with Crippen molar-refractivity contribution >= 4 is 23.8 Å². The highest BCUT2D eigenvalue weighted by molar-refractivity contribution is 7.09. The summed E-state index contributed by atoms with van der Waals surface area (Å²) >= 11 is 1.59. The van der Waals surface area contributed by atoms with Crippen molar-refractivity contribution in [2.24, 2.45) is 0 Å². The van der Waals surface area contributed by atoms with Crippen LogP contribution < -0.4 is 0 Å². The largest absolute Gasteiger partial charge is 0.395 e.